The van der Waals surface area contributed by atoms with Crippen LogP contribution in [0.3, 0.4) is 0 Å². The molecule has 0 saturated carbocycles. The molecule has 5 nitrogen and oxygen atoms in total. The van der Waals surface area contributed by atoms with Gasteiger partial charge in [0.05, 0.1) is 11.9 Å². The van der Waals surface area contributed by atoms with E-state index < -0.39 is 16.2 Å². The number of hydrogen-bond acceptors (Lipinski definition) is 5. The Bertz CT molecular complexity index is 743. The van der Waals surface area contributed by atoms with Gasteiger partial charge in [-0.3, -0.25) is 14.2 Å². The fourth-order valence-electron chi connectivity index (χ4n) is 2.39. The standard InChI is InChI=1S/C17H22N2O3S/c1-4-13-8-9-15(19-12-13)17(22-23(3,20)21)11-16-14(5-2)7-6-10-18-16/h6-10,12,17H,4-5,11H2,1-3H3. The topological polar surface area (TPSA) is 69.2 Å². The number of pyridine rings is 2. The molecule has 2 rings (SSSR count). The highest BCUT2D eigenvalue weighted by Gasteiger charge is 2.21. The van der Waals surface area contributed by atoms with Crippen molar-refractivity contribution < 1.29 is 12.6 Å². The summed E-state index contributed by atoms with van der Waals surface area (Å²) in [6.45, 7) is 4.09. The van der Waals surface area contributed by atoms with Gasteiger partial charge >= 0.3 is 0 Å². The Hall–Kier alpha value is -1.79. The van der Waals surface area contributed by atoms with E-state index in [9.17, 15) is 8.42 Å². The first kappa shape index (κ1) is 17.6. The smallest absolute Gasteiger partial charge is 0.261 e. The summed E-state index contributed by atoms with van der Waals surface area (Å²) in [5.41, 5.74) is 3.61. The molecule has 0 aliphatic carbocycles. The van der Waals surface area contributed by atoms with Crippen LogP contribution in [0, 0.1) is 0 Å². The maximum absolute atomic E-state index is 11.6. The van der Waals surface area contributed by atoms with E-state index in [1.165, 1.54) is 0 Å². The van der Waals surface area contributed by atoms with Gasteiger partial charge in [-0.25, -0.2) is 0 Å². The van der Waals surface area contributed by atoms with Crippen LogP contribution in [0.25, 0.3) is 0 Å². The van der Waals surface area contributed by atoms with Gasteiger partial charge in [0.25, 0.3) is 10.1 Å². The van der Waals surface area contributed by atoms with E-state index in [-0.39, 0.29) is 0 Å². The minimum absolute atomic E-state index is 0.371. The van der Waals surface area contributed by atoms with Crippen LogP contribution < -0.4 is 0 Å². The number of hydrogen-bond donors (Lipinski definition) is 0. The van der Waals surface area contributed by atoms with Gasteiger partial charge in [-0.1, -0.05) is 26.0 Å². The Balaban J connectivity index is 2.33. The molecule has 0 aliphatic rings. The van der Waals surface area contributed by atoms with Crippen LogP contribution in [-0.2, 0) is 33.6 Å². The van der Waals surface area contributed by atoms with Crippen LogP contribution in [0.1, 0.15) is 42.5 Å². The average molecular weight is 334 g/mol. The van der Waals surface area contributed by atoms with Gasteiger partial charge < -0.3 is 0 Å². The van der Waals surface area contributed by atoms with Gasteiger partial charge in [0, 0.05) is 24.5 Å². The minimum Gasteiger partial charge on any atom is -0.261 e. The lowest BCUT2D eigenvalue weighted by molar-refractivity contribution is 0.209. The first-order valence-corrected chi connectivity index (χ1v) is 9.50. The maximum atomic E-state index is 11.6. The van der Waals surface area contributed by atoms with Crippen molar-refractivity contribution in [1.82, 2.24) is 9.97 Å². The van der Waals surface area contributed by atoms with E-state index in [1.54, 1.807) is 12.4 Å². The van der Waals surface area contributed by atoms with Crippen LogP contribution in [0.5, 0.6) is 0 Å². The summed E-state index contributed by atoms with van der Waals surface area (Å²) in [5.74, 6) is 0. The zero-order chi connectivity index (χ0) is 16.9. The van der Waals surface area contributed by atoms with Crippen molar-refractivity contribution in [1.29, 1.82) is 0 Å². The van der Waals surface area contributed by atoms with Gasteiger partial charge in [-0.2, -0.15) is 8.42 Å². The molecule has 6 heteroatoms. The molecule has 0 N–H and O–H groups in total. The van der Waals surface area contributed by atoms with Crippen molar-refractivity contribution in [2.24, 2.45) is 0 Å². The Morgan fingerprint density at radius 1 is 1.13 bits per heavy atom. The van der Waals surface area contributed by atoms with E-state index in [1.807, 2.05) is 38.1 Å². The highest BCUT2D eigenvalue weighted by atomic mass is 32.2. The Kier molecular flexibility index (Phi) is 5.85. The van der Waals surface area contributed by atoms with Crippen molar-refractivity contribution in [3.63, 3.8) is 0 Å². The summed E-state index contributed by atoms with van der Waals surface area (Å²) in [7, 11) is -3.59. The summed E-state index contributed by atoms with van der Waals surface area (Å²) in [5, 5.41) is 0. The third kappa shape index (κ3) is 5.11. The molecule has 1 unspecified atom stereocenters. The lowest BCUT2D eigenvalue weighted by Crippen LogP contribution is -2.16. The molecule has 2 heterocycles. The third-order valence-corrected chi connectivity index (χ3v) is 4.20. The van der Waals surface area contributed by atoms with E-state index in [0.717, 1.165) is 35.9 Å². The van der Waals surface area contributed by atoms with Crippen molar-refractivity contribution >= 4 is 10.1 Å². The number of aryl methyl sites for hydroxylation is 2. The average Bonchev–Trinajstić information content (AvgIpc) is 2.53. The fourth-order valence-corrected chi connectivity index (χ4v) is 2.98. The van der Waals surface area contributed by atoms with Crippen LogP contribution in [0.4, 0.5) is 0 Å². The summed E-state index contributed by atoms with van der Waals surface area (Å²) in [4.78, 5) is 8.74. The van der Waals surface area contributed by atoms with Crippen molar-refractivity contribution in [3.8, 4) is 0 Å². The van der Waals surface area contributed by atoms with E-state index in [4.69, 9.17) is 4.18 Å². The van der Waals surface area contributed by atoms with Crippen molar-refractivity contribution in [2.45, 2.75) is 39.2 Å². The first-order chi connectivity index (χ1) is 10.9. The summed E-state index contributed by atoms with van der Waals surface area (Å²) in [6, 6.07) is 7.64. The van der Waals surface area contributed by atoms with E-state index in [2.05, 4.69) is 9.97 Å². The molecule has 0 aromatic carbocycles. The molecular formula is C17H22N2O3S. The molecule has 0 radical (unpaired) electrons. The zero-order valence-electron chi connectivity index (χ0n) is 13.7. The molecule has 0 spiro atoms. The molecule has 2 aromatic heterocycles. The molecule has 0 aliphatic heterocycles. The van der Waals surface area contributed by atoms with Gasteiger partial charge in [0.15, 0.2) is 0 Å². The quantitative estimate of drug-likeness (QED) is 0.728. The maximum Gasteiger partial charge on any atom is 0.265 e. The number of rotatable bonds is 7. The van der Waals surface area contributed by atoms with Crippen LogP contribution in [-0.4, -0.2) is 24.6 Å². The Labute approximate surface area is 137 Å². The van der Waals surface area contributed by atoms with Gasteiger partial charge in [0.2, 0.25) is 0 Å². The SMILES string of the molecule is CCc1ccc(C(Cc2ncccc2CC)OS(C)(=O)=O)nc1. The number of aromatic nitrogens is 2. The molecule has 0 saturated heterocycles. The summed E-state index contributed by atoms with van der Waals surface area (Å²) >= 11 is 0. The lowest BCUT2D eigenvalue weighted by Gasteiger charge is -2.17. The predicted molar refractivity (Wildman–Crippen MR) is 89.6 cm³/mol. The van der Waals surface area contributed by atoms with E-state index >= 15 is 0 Å². The predicted octanol–water partition coefficient (Wildman–Crippen LogP) is 2.86. The van der Waals surface area contributed by atoms with Crippen molar-refractivity contribution in [3.05, 3.63) is 59.2 Å². The largest absolute Gasteiger partial charge is 0.265 e. The molecule has 0 fully saturated rings. The second-order valence-corrected chi connectivity index (χ2v) is 7.00. The molecule has 2 aromatic rings. The van der Waals surface area contributed by atoms with Crippen molar-refractivity contribution in [2.75, 3.05) is 6.26 Å². The van der Waals surface area contributed by atoms with Gasteiger partial charge in [0.1, 0.15) is 6.10 Å². The molecule has 0 amide bonds. The second-order valence-electron chi connectivity index (χ2n) is 5.40. The normalized spacial score (nSPS) is 13.0. The number of nitrogens with zero attached hydrogens (tertiary/aromatic N) is 2. The summed E-state index contributed by atoms with van der Waals surface area (Å²) in [6.07, 6.45) is 5.93. The highest BCUT2D eigenvalue weighted by Crippen LogP contribution is 2.24. The van der Waals surface area contributed by atoms with Gasteiger partial charge in [-0.15, -0.1) is 0 Å². The lowest BCUT2D eigenvalue weighted by atomic mass is 10.0. The van der Waals surface area contributed by atoms with Crippen LogP contribution >= 0.6 is 0 Å². The fraction of sp³-hybridized carbons (Fsp3) is 0.412. The van der Waals surface area contributed by atoms with Gasteiger partial charge in [-0.05, 0) is 36.1 Å². The molecular weight excluding hydrogens is 312 g/mol. The molecule has 124 valence electrons. The minimum atomic E-state index is -3.59. The third-order valence-electron chi connectivity index (χ3n) is 3.62. The first-order valence-electron chi connectivity index (χ1n) is 7.68. The molecule has 1 atom stereocenters. The zero-order valence-corrected chi connectivity index (χ0v) is 14.5. The monoisotopic (exact) mass is 334 g/mol. The molecule has 0 bridgehead atoms. The van der Waals surface area contributed by atoms with E-state index in [0.29, 0.717) is 12.1 Å². The Morgan fingerprint density at radius 3 is 2.48 bits per heavy atom. The van der Waals surface area contributed by atoms with Crippen LogP contribution in [0.2, 0.25) is 0 Å². The second kappa shape index (κ2) is 7.66. The van der Waals surface area contributed by atoms with Crippen LogP contribution in [0.15, 0.2) is 36.7 Å². The summed E-state index contributed by atoms with van der Waals surface area (Å²) < 4.78 is 28.5. The Morgan fingerprint density at radius 2 is 1.91 bits per heavy atom. The highest BCUT2D eigenvalue weighted by molar-refractivity contribution is 7.86. The molecule has 23 heavy (non-hydrogen) atoms.